The number of hydrogen-bond acceptors (Lipinski definition) is 5. The van der Waals surface area contributed by atoms with Gasteiger partial charge in [-0.1, -0.05) is 23.5 Å². The van der Waals surface area contributed by atoms with Gasteiger partial charge >= 0.3 is 0 Å². The van der Waals surface area contributed by atoms with Crippen molar-refractivity contribution < 1.29 is 4.74 Å². The Kier molecular flexibility index (Phi) is 4.73. The van der Waals surface area contributed by atoms with Gasteiger partial charge in [-0.25, -0.2) is 0 Å². The lowest BCUT2D eigenvalue weighted by Gasteiger charge is -2.02. The zero-order chi connectivity index (χ0) is 18.1. The molecule has 0 saturated carbocycles. The minimum atomic E-state index is -0.145. The molecule has 7 heteroatoms. The quantitative estimate of drug-likeness (QED) is 0.425. The summed E-state index contributed by atoms with van der Waals surface area (Å²) in [4.78, 5) is 17.7. The van der Waals surface area contributed by atoms with E-state index in [1.807, 2.05) is 61.5 Å². The molecular formula is C19H14IN3O2S. The van der Waals surface area contributed by atoms with E-state index in [-0.39, 0.29) is 5.56 Å². The van der Waals surface area contributed by atoms with Crippen LogP contribution in [0.25, 0.3) is 22.4 Å². The molecular weight excluding hydrogens is 461 g/mol. The van der Waals surface area contributed by atoms with Gasteiger partial charge in [0.25, 0.3) is 5.56 Å². The highest BCUT2D eigenvalue weighted by molar-refractivity contribution is 14.1. The van der Waals surface area contributed by atoms with Gasteiger partial charge in [-0.2, -0.15) is 9.50 Å². The average Bonchev–Trinajstić information content (AvgIpc) is 3.18. The fraction of sp³-hybridized carbons (Fsp3) is 0.105. The summed E-state index contributed by atoms with van der Waals surface area (Å²) >= 11 is 3.60. The van der Waals surface area contributed by atoms with Crippen LogP contribution in [0.4, 0.5) is 0 Å². The standard InChI is InChI=1S/C19H14IN3O2S/c1-2-25-15-9-5-13(6-10-15)17-21-19-23(22-17)18(24)16(26-19)11-12-3-7-14(20)8-4-12/h3-11H,2H2,1H3/b16-11-. The molecule has 4 aromatic rings. The number of rotatable bonds is 4. The zero-order valence-corrected chi connectivity index (χ0v) is 16.8. The van der Waals surface area contributed by atoms with E-state index in [1.165, 1.54) is 15.9 Å². The first kappa shape index (κ1) is 17.2. The minimum Gasteiger partial charge on any atom is -0.494 e. The van der Waals surface area contributed by atoms with Crippen LogP contribution < -0.4 is 14.8 Å². The molecule has 0 unspecified atom stereocenters. The van der Waals surface area contributed by atoms with Crippen LogP contribution >= 0.6 is 33.9 Å². The van der Waals surface area contributed by atoms with E-state index in [0.29, 0.717) is 21.9 Å². The molecule has 0 N–H and O–H groups in total. The number of halogens is 1. The summed E-state index contributed by atoms with van der Waals surface area (Å²) in [6, 6.07) is 15.5. The van der Waals surface area contributed by atoms with Gasteiger partial charge in [-0.05, 0) is 77.6 Å². The van der Waals surface area contributed by atoms with Gasteiger partial charge in [0.2, 0.25) is 4.96 Å². The molecule has 0 aliphatic rings. The van der Waals surface area contributed by atoms with Crippen molar-refractivity contribution in [2.45, 2.75) is 6.92 Å². The Hall–Kier alpha value is -2.26. The van der Waals surface area contributed by atoms with Gasteiger partial charge < -0.3 is 4.74 Å². The van der Waals surface area contributed by atoms with Gasteiger partial charge in [0.15, 0.2) is 5.82 Å². The Morgan fingerprint density at radius 2 is 1.88 bits per heavy atom. The van der Waals surface area contributed by atoms with Gasteiger partial charge in [-0.3, -0.25) is 4.79 Å². The molecule has 0 fully saturated rings. The third-order valence-electron chi connectivity index (χ3n) is 3.77. The molecule has 0 spiro atoms. The summed E-state index contributed by atoms with van der Waals surface area (Å²) in [5.74, 6) is 1.34. The fourth-order valence-corrected chi connectivity index (χ4v) is 3.80. The summed E-state index contributed by atoms with van der Waals surface area (Å²) in [7, 11) is 0. The van der Waals surface area contributed by atoms with Crippen molar-refractivity contribution in [3.05, 3.63) is 72.6 Å². The molecule has 26 heavy (non-hydrogen) atoms. The summed E-state index contributed by atoms with van der Waals surface area (Å²) in [6.07, 6.45) is 1.87. The SMILES string of the molecule is CCOc1ccc(-c2nc3s/c(=C\c4ccc(I)cc4)c(=O)n3n2)cc1. The molecule has 4 rings (SSSR count). The lowest BCUT2D eigenvalue weighted by atomic mass is 10.2. The second-order valence-electron chi connectivity index (χ2n) is 5.55. The Morgan fingerprint density at radius 3 is 2.54 bits per heavy atom. The maximum absolute atomic E-state index is 12.6. The van der Waals surface area contributed by atoms with Crippen molar-refractivity contribution in [2.24, 2.45) is 0 Å². The van der Waals surface area contributed by atoms with Crippen molar-refractivity contribution in [3.8, 4) is 17.1 Å². The van der Waals surface area contributed by atoms with E-state index >= 15 is 0 Å². The second kappa shape index (κ2) is 7.16. The third-order valence-corrected chi connectivity index (χ3v) is 5.45. The number of benzene rings is 2. The molecule has 2 heterocycles. The van der Waals surface area contributed by atoms with Crippen LogP contribution in [-0.4, -0.2) is 21.2 Å². The van der Waals surface area contributed by atoms with E-state index in [1.54, 1.807) is 0 Å². The Morgan fingerprint density at radius 1 is 1.15 bits per heavy atom. The fourth-order valence-electron chi connectivity index (χ4n) is 2.53. The summed E-state index contributed by atoms with van der Waals surface area (Å²) in [6.45, 7) is 2.57. The van der Waals surface area contributed by atoms with Gasteiger partial charge in [-0.15, -0.1) is 5.10 Å². The molecule has 0 radical (unpaired) electrons. The normalized spacial score (nSPS) is 12.0. The maximum atomic E-state index is 12.6. The first-order chi connectivity index (χ1) is 12.6. The predicted molar refractivity (Wildman–Crippen MR) is 112 cm³/mol. The summed E-state index contributed by atoms with van der Waals surface area (Å²) < 4.78 is 8.59. The molecule has 0 aliphatic heterocycles. The van der Waals surface area contributed by atoms with Gasteiger partial charge in [0.1, 0.15) is 5.75 Å². The number of hydrogen-bond donors (Lipinski definition) is 0. The van der Waals surface area contributed by atoms with Crippen LogP contribution in [0.3, 0.4) is 0 Å². The number of fused-ring (bicyclic) bond motifs is 1. The van der Waals surface area contributed by atoms with Crippen molar-refractivity contribution >= 4 is 45.0 Å². The van der Waals surface area contributed by atoms with Crippen LogP contribution in [0, 0.1) is 3.57 Å². The number of ether oxygens (including phenoxy) is 1. The van der Waals surface area contributed by atoms with E-state index in [4.69, 9.17) is 4.74 Å². The summed E-state index contributed by atoms with van der Waals surface area (Å²) in [5.41, 5.74) is 1.69. The molecule has 0 aliphatic carbocycles. The molecule has 2 aromatic carbocycles. The molecule has 2 aromatic heterocycles. The van der Waals surface area contributed by atoms with Crippen LogP contribution in [0.1, 0.15) is 12.5 Å². The van der Waals surface area contributed by atoms with Crippen molar-refractivity contribution in [1.82, 2.24) is 14.6 Å². The van der Waals surface area contributed by atoms with E-state index in [2.05, 4.69) is 32.7 Å². The first-order valence-corrected chi connectivity index (χ1v) is 9.93. The smallest absolute Gasteiger partial charge is 0.291 e. The highest BCUT2D eigenvalue weighted by atomic mass is 127. The maximum Gasteiger partial charge on any atom is 0.291 e. The zero-order valence-electron chi connectivity index (χ0n) is 13.8. The molecule has 0 saturated heterocycles. The monoisotopic (exact) mass is 475 g/mol. The highest BCUT2D eigenvalue weighted by Gasteiger charge is 2.12. The Bertz CT molecular complexity index is 1160. The van der Waals surface area contributed by atoms with Crippen molar-refractivity contribution in [3.63, 3.8) is 0 Å². The Balaban J connectivity index is 1.71. The highest BCUT2D eigenvalue weighted by Crippen LogP contribution is 2.20. The lowest BCUT2D eigenvalue weighted by molar-refractivity contribution is 0.340. The van der Waals surface area contributed by atoms with Crippen LogP contribution in [0.15, 0.2) is 53.3 Å². The lowest BCUT2D eigenvalue weighted by Crippen LogP contribution is -2.23. The molecule has 0 atom stereocenters. The molecule has 5 nitrogen and oxygen atoms in total. The minimum absolute atomic E-state index is 0.145. The summed E-state index contributed by atoms with van der Waals surface area (Å²) in [5, 5.41) is 4.38. The number of aromatic nitrogens is 3. The number of nitrogens with zero attached hydrogens (tertiary/aromatic N) is 3. The van der Waals surface area contributed by atoms with E-state index < -0.39 is 0 Å². The van der Waals surface area contributed by atoms with Gasteiger partial charge in [0.05, 0.1) is 11.1 Å². The van der Waals surface area contributed by atoms with E-state index in [0.717, 1.165) is 20.4 Å². The van der Waals surface area contributed by atoms with Crippen LogP contribution in [0.5, 0.6) is 5.75 Å². The molecule has 0 bridgehead atoms. The second-order valence-corrected chi connectivity index (χ2v) is 7.81. The predicted octanol–water partition coefficient (Wildman–Crippen LogP) is 3.37. The molecule has 0 amide bonds. The topological polar surface area (TPSA) is 56.5 Å². The number of thiazole rings is 1. The van der Waals surface area contributed by atoms with Crippen LogP contribution in [-0.2, 0) is 0 Å². The van der Waals surface area contributed by atoms with Crippen molar-refractivity contribution in [1.29, 1.82) is 0 Å². The van der Waals surface area contributed by atoms with Crippen LogP contribution in [0.2, 0.25) is 0 Å². The first-order valence-electron chi connectivity index (χ1n) is 8.04. The molecule has 130 valence electrons. The third kappa shape index (κ3) is 3.36. The van der Waals surface area contributed by atoms with Gasteiger partial charge in [0, 0.05) is 9.13 Å². The average molecular weight is 475 g/mol. The van der Waals surface area contributed by atoms with Crippen molar-refractivity contribution in [2.75, 3.05) is 6.61 Å². The van der Waals surface area contributed by atoms with E-state index in [9.17, 15) is 4.79 Å². The Labute approximate surface area is 167 Å². The largest absolute Gasteiger partial charge is 0.494 e.